The normalized spacial score (nSPS) is 23.2. The summed E-state index contributed by atoms with van der Waals surface area (Å²) in [7, 11) is 0. The summed E-state index contributed by atoms with van der Waals surface area (Å²) in [5, 5.41) is 1.77. The molecule has 1 aliphatic rings. The molecule has 1 rings (SSSR count). The van der Waals surface area contributed by atoms with Crippen molar-refractivity contribution in [3.8, 4) is 0 Å². The smallest absolute Gasteiger partial charge is 0.0417 e. The molecule has 0 bridgehead atoms. The van der Waals surface area contributed by atoms with Gasteiger partial charge in [0, 0.05) is 11.1 Å². The second-order valence-corrected chi connectivity index (χ2v) is 7.56. The number of rotatable bonds is 5. The van der Waals surface area contributed by atoms with Gasteiger partial charge in [-0.15, -0.1) is 0 Å². The van der Waals surface area contributed by atoms with Gasteiger partial charge in [-0.25, -0.2) is 10.9 Å². The van der Waals surface area contributed by atoms with Crippen LogP contribution in [0.1, 0.15) is 61.8 Å². The predicted octanol–water partition coefficient (Wildman–Crippen LogP) is 2.18. The van der Waals surface area contributed by atoms with Gasteiger partial charge in [0.15, 0.2) is 0 Å². The van der Waals surface area contributed by atoms with Crippen molar-refractivity contribution in [1.29, 1.82) is 0 Å². The molecule has 1 heterocycles. The lowest BCUT2D eigenvalue weighted by Gasteiger charge is -2.59. The van der Waals surface area contributed by atoms with Crippen LogP contribution in [0.15, 0.2) is 0 Å². The van der Waals surface area contributed by atoms with Crippen molar-refractivity contribution in [2.45, 2.75) is 72.9 Å². The third kappa shape index (κ3) is 2.88. The zero-order chi connectivity index (χ0) is 15.7. The quantitative estimate of drug-likeness (QED) is 0.461. The summed E-state index contributed by atoms with van der Waals surface area (Å²) in [6.45, 7) is 18.3. The second kappa shape index (κ2) is 6.28. The highest BCUT2D eigenvalue weighted by atomic mass is 16.0. The Hall–Kier alpha value is -0.200. The Morgan fingerprint density at radius 1 is 0.800 bits per heavy atom. The Labute approximate surface area is 124 Å². The molecule has 0 aromatic heterocycles. The molecule has 1 fully saturated rings. The predicted molar refractivity (Wildman–Crippen MR) is 84.9 cm³/mol. The zero-order valence-electron chi connectivity index (χ0n) is 14.5. The summed E-state index contributed by atoms with van der Waals surface area (Å²) in [5.74, 6) is 7.74. The molecule has 0 aliphatic carbocycles. The van der Waals surface area contributed by atoms with E-state index in [9.17, 15) is 0 Å². The van der Waals surface area contributed by atoms with Gasteiger partial charge in [0.2, 0.25) is 0 Å². The van der Waals surface area contributed by atoms with Crippen molar-refractivity contribution in [2.24, 2.45) is 29.5 Å². The van der Waals surface area contributed by atoms with E-state index < -0.39 is 0 Å². The molecular weight excluding hydrogens is 250 g/mol. The second-order valence-electron chi connectivity index (χ2n) is 7.56. The van der Waals surface area contributed by atoms with E-state index in [1.165, 1.54) is 0 Å². The largest absolute Gasteiger partial charge is 0.255 e. The van der Waals surface area contributed by atoms with Crippen LogP contribution in [0, 0.1) is 23.7 Å². The van der Waals surface area contributed by atoms with Gasteiger partial charge in [-0.2, -0.15) is 5.53 Å². The van der Waals surface area contributed by atoms with E-state index in [2.05, 4.69) is 71.8 Å². The van der Waals surface area contributed by atoms with E-state index >= 15 is 0 Å². The SMILES string of the molecule is CC(C)C1(C(C)C)CC(C(C)C)(C(C)C)NN(NN)N1. The lowest BCUT2D eigenvalue weighted by Crippen LogP contribution is -2.81. The molecule has 1 saturated heterocycles. The maximum Gasteiger partial charge on any atom is 0.0417 e. The molecule has 0 unspecified atom stereocenters. The lowest BCUT2D eigenvalue weighted by molar-refractivity contribution is -0.151. The highest BCUT2D eigenvalue weighted by Gasteiger charge is 2.53. The van der Waals surface area contributed by atoms with Crippen molar-refractivity contribution in [3.63, 3.8) is 0 Å². The Morgan fingerprint density at radius 2 is 1.10 bits per heavy atom. The molecule has 0 atom stereocenters. The summed E-state index contributed by atoms with van der Waals surface area (Å²) in [6, 6.07) is 0. The van der Waals surface area contributed by atoms with Gasteiger partial charge < -0.3 is 0 Å². The topological polar surface area (TPSA) is 65.3 Å². The number of nitrogens with one attached hydrogen (secondary N) is 3. The third-order valence-corrected chi connectivity index (χ3v) is 5.48. The van der Waals surface area contributed by atoms with Crippen LogP contribution in [-0.2, 0) is 0 Å². The van der Waals surface area contributed by atoms with Crippen molar-refractivity contribution in [3.05, 3.63) is 0 Å². The van der Waals surface area contributed by atoms with Crippen LogP contribution in [-0.4, -0.2) is 16.3 Å². The fourth-order valence-corrected chi connectivity index (χ4v) is 3.74. The van der Waals surface area contributed by atoms with E-state index in [4.69, 9.17) is 5.84 Å². The molecule has 0 amide bonds. The lowest BCUT2D eigenvalue weighted by atomic mass is 9.63. The molecule has 0 aromatic rings. The molecule has 1 aliphatic heterocycles. The number of hydrogen-bond donors (Lipinski definition) is 4. The van der Waals surface area contributed by atoms with E-state index in [1.54, 1.807) is 5.23 Å². The fourth-order valence-electron chi connectivity index (χ4n) is 3.74. The van der Waals surface area contributed by atoms with Gasteiger partial charge >= 0.3 is 0 Å². The van der Waals surface area contributed by atoms with E-state index in [1.807, 2.05) is 0 Å². The highest BCUT2D eigenvalue weighted by molar-refractivity contribution is 5.07. The number of hydrogen-bond acceptors (Lipinski definition) is 5. The Bertz CT molecular complexity index is 267. The minimum atomic E-state index is 0.0200. The molecular formula is C15H35N5. The number of nitrogens with zero attached hydrogens (tertiary/aromatic N) is 1. The molecule has 5 heteroatoms. The Morgan fingerprint density at radius 3 is 1.30 bits per heavy atom. The molecule has 0 radical (unpaired) electrons. The summed E-state index contributed by atoms with van der Waals surface area (Å²) < 4.78 is 0. The van der Waals surface area contributed by atoms with Crippen LogP contribution in [0.3, 0.4) is 0 Å². The first-order chi connectivity index (χ1) is 9.12. The monoisotopic (exact) mass is 285 g/mol. The third-order valence-electron chi connectivity index (χ3n) is 5.48. The van der Waals surface area contributed by atoms with Gasteiger partial charge in [-0.05, 0) is 30.1 Å². The van der Waals surface area contributed by atoms with Crippen molar-refractivity contribution >= 4 is 0 Å². The number of hydrazine groups is 4. The average molecular weight is 285 g/mol. The Balaban J connectivity index is 3.29. The fraction of sp³-hybridized carbons (Fsp3) is 1.00. The van der Waals surface area contributed by atoms with Crippen LogP contribution in [0.5, 0.6) is 0 Å². The van der Waals surface area contributed by atoms with Crippen molar-refractivity contribution in [2.75, 3.05) is 0 Å². The molecule has 120 valence electrons. The highest BCUT2D eigenvalue weighted by Crippen LogP contribution is 2.43. The summed E-state index contributed by atoms with van der Waals surface area (Å²) in [6.07, 6.45) is 1.09. The maximum absolute atomic E-state index is 5.70. The summed E-state index contributed by atoms with van der Waals surface area (Å²) in [5.41, 5.74) is 9.92. The van der Waals surface area contributed by atoms with E-state index in [0.717, 1.165) is 6.42 Å². The van der Waals surface area contributed by atoms with Crippen LogP contribution in [0.4, 0.5) is 0 Å². The minimum absolute atomic E-state index is 0.0200. The van der Waals surface area contributed by atoms with Gasteiger partial charge in [-0.3, -0.25) is 5.84 Å². The van der Waals surface area contributed by atoms with Crippen molar-refractivity contribution in [1.82, 2.24) is 21.6 Å². The molecule has 5 N–H and O–H groups in total. The first kappa shape index (κ1) is 17.9. The first-order valence-electron chi connectivity index (χ1n) is 7.94. The van der Waals surface area contributed by atoms with Gasteiger partial charge in [0.05, 0.1) is 0 Å². The minimum Gasteiger partial charge on any atom is -0.255 e. The first-order valence-corrected chi connectivity index (χ1v) is 7.94. The maximum atomic E-state index is 5.70. The molecule has 0 saturated carbocycles. The molecule has 5 nitrogen and oxygen atoms in total. The standard InChI is InChI=1S/C15H35N5/c1-10(2)14(11(3)4)9-15(12(5)6,13(7)8)18-20(17-14)19-16/h10-13,17-19H,9,16H2,1-8H3. The van der Waals surface area contributed by atoms with E-state index in [0.29, 0.717) is 23.7 Å². The molecule has 0 spiro atoms. The van der Waals surface area contributed by atoms with Crippen LogP contribution < -0.4 is 22.2 Å². The van der Waals surface area contributed by atoms with Gasteiger partial charge in [-0.1, -0.05) is 60.6 Å². The summed E-state index contributed by atoms with van der Waals surface area (Å²) >= 11 is 0. The van der Waals surface area contributed by atoms with E-state index in [-0.39, 0.29) is 11.1 Å². The van der Waals surface area contributed by atoms with Crippen LogP contribution >= 0.6 is 0 Å². The van der Waals surface area contributed by atoms with Gasteiger partial charge in [0.25, 0.3) is 0 Å². The summed E-state index contributed by atoms with van der Waals surface area (Å²) in [4.78, 5) is 0. The zero-order valence-corrected chi connectivity index (χ0v) is 14.5. The van der Waals surface area contributed by atoms with Crippen LogP contribution in [0.2, 0.25) is 0 Å². The molecule has 20 heavy (non-hydrogen) atoms. The number of nitrogens with two attached hydrogens (primary N) is 1. The van der Waals surface area contributed by atoms with Crippen LogP contribution in [0.25, 0.3) is 0 Å². The average Bonchev–Trinajstić information content (AvgIpc) is 2.36. The van der Waals surface area contributed by atoms with Crippen molar-refractivity contribution < 1.29 is 0 Å². The van der Waals surface area contributed by atoms with Gasteiger partial charge in [0.1, 0.15) is 0 Å². The molecule has 0 aromatic carbocycles. The Kier molecular flexibility index (Phi) is 5.60.